The fourth-order valence-corrected chi connectivity index (χ4v) is 2.94. The summed E-state index contributed by atoms with van der Waals surface area (Å²) in [6.07, 6.45) is 3.86. The van der Waals surface area contributed by atoms with E-state index in [1.807, 2.05) is 73.1 Å². The largest absolute Gasteiger partial charge is 0.365 e. The van der Waals surface area contributed by atoms with E-state index >= 15 is 0 Å². The summed E-state index contributed by atoms with van der Waals surface area (Å²) in [6.45, 7) is 6.42. The molecule has 3 heterocycles. The molecular weight excluding hydrogens is 344 g/mol. The molecule has 0 spiro atoms. The van der Waals surface area contributed by atoms with E-state index in [4.69, 9.17) is 4.98 Å². The number of nitrogens with zero attached hydrogens (tertiary/aromatic N) is 3. The minimum atomic E-state index is -0.0882. The van der Waals surface area contributed by atoms with E-state index in [0.29, 0.717) is 0 Å². The molecule has 4 nitrogen and oxygen atoms in total. The van der Waals surface area contributed by atoms with Crippen molar-refractivity contribution in [3.63, 3.8) is 0 Å². The summed E-state index contributed by atoms with van der Waals surface area (Å²) in [4.78, 5) is 9.34. The van der Waals surface area contributed by atoms with Gasteiger partial charge >= 0.3 is 0 Å². The first kappa shape index (κ1) is 17.8. The van der Waals surface area contributed by atoms with Gasteiger partial charge in [-0.25, -0.2) is 9.97 Å². The first-order valence-electron chi connectivity index (χ1n) is 9.28. The van der Waals surface area contributed by atoms with Gasteiger partial charge in [-0.15, -0.1) is 0 Å². The molecule has 0 bridgehead atoms. The van der Waals surface area contributed by atoms with Crippen molar-refractivity contribution in [3.05, 3.63) is 84.3 Å². The highest BCUT2D eigenvalue weighted by atomic mass is 15.2. The molecule has 138 valence electrons. The van der Waals surface area contributed by atoms with E-state index in [9.17, 15) is 0 Å². The van der Waals surface area contributed by atoms with Gasteiger partial charge in [0.15, 0.2) is 0 Å². The van der Waals surface area contributed by atoms with Crippen LogP contribution in [0.2, 0.25) is 0 Å². The Balaban J connectivity index is 1.70. The Labute approximate surface area is 165 Å². The highest BCUT2D eigenvalue weighted by molar-refractivity contribution is 5.76. The fourth-order valence-electron chi connectivity index (χ4n) is 2.94. The topological polar surface area (TPSA) is 42.2 Å². The number of rotatable bonds is 2. The van der Waals surface area contributed by atoms with E-state index in [-0.39, 0.29) is 5.54 Å². The Hall–Kier alpha value is -3.58. The average molecular weight is 366 g/mol. The van der Waals surface area contributed by atoms with Crippen LogP contribution < -0.4 is 5.32 Å². The number of nitrogens with one attached hydrogen (secondary N) is 1. The molecule has 1 N–H and O–H groups in total. The number of anilines is 1. The summed E-state index contributed by atoms with van der Waals surface area (Å²) in [5, 5.41) is 3.58. The summed E-state index contributed by atoms with van der Waals surface area (Å²) in [5.74, 6) is 7.22. The minimum Gasteiger partial charge on any atom is -0.365 e. The van der Waals surface area contributed by atoms with Gasteiger partial charge in [0.1, 0.15) is 22.9 Å². The summed E-state index contributed by atoms with van der Waals surface area (Å²) in [7, 11) is 0. The van der Waals surface area contributed by atoms with Gasteiger partial charge in [0.2, 0.25) is 0 Å². The lowest BCUT2D eigenvalue weighted by atomic mass is 10.1. The van der Waals surface area contributed by atoms with Gasteiger partial charge in [0.25, 0.3) is 0 Å². The minimum absolute atomic E-state index is 0.0882. The predicted octanol–water partition coefficient (Wildman–Crippen LogP) is 5.01. The van der Waals surface area contributed by atoms with Gasteiger partial charge in [-0.1, -0.05) is 30.2 Å². The molecule has 0 aliphatic carbocycles. The maximum Gasteiger partial charge on any atom is 0.139 e. The smallest absolute Gasteiger partial charge is 0.139 e. The maximum atomic E-state index is 4.81. The Kier molecular flexibility index (Phi) is 4.58. The Morgan fingerprint density at radius 1 is 0.893 bits per heavy atom. The summed E-state index contributed by atoms with van der Waals surface area (Å²) in [6, 6.07) is 19.9. The summed E-state index contributed by atoms with van der Waals surface area (Å²) in [5.41, 5.74) is 4.37. The van der Waals surface area contributed by atoms with Gasteiger partial charge in [-0.2, -0.15) is 0 Å². The third-order valence-corrected chi connectivity index (χ3v) is 4.17. The second kappa shape index (κ2) is 7.21. The van der Waals surface area contributed by atoms with Crippen molar-refractivity contribution < 1.29 is 0 Å². The lowest BCUT2D eigenvalue weighted by Crippen LogP contribution is -2.27. The van der Waals surface area contributed by atoms with Crippen molar-refractivity contribution in [3.8, 4) is 23.1 Å². The quantitative estimate of drug-likeness (QED) is 0.507. The molecule has 0 atom stereocenters. The molecule has 4 rings (SSSR count). The van der Waals surface area contributed by atoms with Crippen molar-refractivity contribution >= 4 is 11.5 Å². The summed E-state index contributed by atoms with van der Waals surface area (Å²) < 4.78 is 2.07. The third kappa shape index (κ3) is 3.89. The molecule has 4 heteroatoms. The van der Waals surface area contributed by atoms with Gasteiger partial charge in [-0.3, -0.25) is 4.40 Å². The third-order valence-electron chi connectivity index (χ3n) is 4.17. The zero-order chi connectivity index (χ0) is 19.6. The number of hydrogen-bond acceptors (Lipinski definition) is 3. The fraction of sp³-hybridized carbons (Fsp3) is 0.167. The van der Waals surface area contributed by atoms with Gasteiger partial charge < -0.3 is 5.32 Å². The molecule has 3 aromatic heterocycles. The van der Waals surface area contributed by atoms with Gasteiger partial charge in [-0.05, 0) is 63.1 Å². The number of fused-ring (bicyclic) bond motifs is 1. The van der Waals surface area contributed by atoms with E-state index in [1.54, 1.807) is 0 Å². The van der Waals surface area contributed by atoms with Crippen molar-refractivity contribution in [2.45, 2.75) is 26.3 Å². The first-order chi connectivity index (χ1) is 13.5. The monoisotopic (exact) mass is 366 g/mol. The number of aromatic nitrogens is 3. The molecule has 4 aromatic rings. The zero-order valence-corrected chi connectivity index (χ0v) is 16.3. The van der Waals surface area contributed by atoms with Crippen LogP contribution in [0.25, 0.3) is 16.9 Å². The number of imidazole rings is 1. The molecule has 0 amide bonds. The molecule has 1 aromatic carbocycles. The van der Waals surface area contributed by atoms with Crippen LogP contribution in [-0.2, 0) is 0 Å². The lowest BCUT2D eigenvalue weighted by molar-refractivity contribution is 0.629. The van der Waals surface area contributed by atoms with Crippen molar-refractivity contribution in [1.29, 1.82) is 0 Å². The molecule has 28 heavy (non-hydrogen) atoms. The second-order valence-corrected chi connectivity index (χ2v) is 7.66. The summed E-state index contributed by atoms with van der Waals surface area (Å²) >= 11 is 0. The zero-order valence-electron chi connectivity index (χ0n) is 16.3. The Morgan fingerprint density at radius 2 is 1.68 bits per heavy atom. The highest BCUT2D eigenvalue weighted by Crippen LogP contribution is 2.30. The Bertz CT molecular complexity index is 1150. The molecular formula is C24H22N4. The molecule has 0 aliphatic rings. The van der Waals surface area contributed by atoms with Crippen LogP contribution in [0.3, 0.4) is 0 Å². The Morgan fingerprint density at radius 3 is 2.39 bits per heavy atom. The molecule has 0 saturated heterocycles. The first-order valence-corrected chi connectivity index (χ1v) is 9.28. The predicted molar refractivity (Wildman–Crippen MR) is 114 cm³/mol. The SMILES string of the molecule is CC(C)(C)Nc1c(-c2ccc(C#Cc3ccccc3)nc2)nc2ccccn12. The van der Waals surface area contributed by atoms with Crippen LogP contribution >= 0.6 is 0 Å². The second-order valence-electron chi connectivity index (χ2n) is 7.66. The van der Waals surface area contributed by atoms with E-state index < -0.39 is 0 Å². The van der Waals surface area contributed by atoms with Crippen molar-refractivity contribution in [1.82, 2.24) is 14.4 Å². The van der Waals surface area contributed by atoms with E-state index in [1.165, 1.54) is 0 Å². The van der Waals surface area contributed by atoms with Crippen LogP contribution in [0.5, 0.6) is 0 Å². The van der Waals surface area contributed by atoms with Gasteiger partial charge in [0, 0.05) is 29.1 Å². The molecule has 0 unspecified atom stereocenters. The standard InChI is InChI=1S/C24H22N4/c1-24(2,3)27-23-22(26-21-11-7-8-16-28(21)23)19-13-15-20(25-17-19)14-12-18-9-5-4-6-10-18/h4-11,13,15-17,27H,1-3H3. The highest BCUT2D eigenvalue weighted by Gasteiger charge is 2.19. The maximum absolute atomic E-state index is 4.81. The van der Waals surface area contributed by atoms with Crippen LogP contribution in [-0.4, -0.2) is 19.9 Å². The average Bonchev–Trinajstić information content (AvgIpc) is 3.05. The van der Waals surface area contributed by atoms with Crippen molar-refractivity contribution in [2.75, 3.05) is 5.32 Å². The lowest BCUT2D eigenvalue weighted by Gasteiger charge is -2.22. The van der Waals surface area contributed by atoms with E-state index in [2.05, 4.69) is 47.3 Å². The van der Waals surface area contributed by atoms with Gasteiger partial charge in [0.05, 0.1) is 0 Å². The number of hydrogen-bond donors (Lipinski definition) is 1. The van der Waals surface area contributed by atoms with Crippen LogP contribution in [0.15, 0.2) is 73.1 Å². The molecule has 0 saturated carbocycles. The van der Waals surface area contributed by atoms with Crippen LogP contribution in [0.1, 0.15) is 32.0 Å². The number of pyridine rings is 2. The van der Waals surface area contributed by atoms with E-state index in [0.717, 1.165) is 34.0 Å². The van der Waals surface area contributed by atoms with Crippen LogP contribution in [0, 0.1) is 11.8 Å². The molecule has 0 radical (unpaired) electrons. The molecule has 0 aliphatic heterocycles. The molecule has 0 fully saturated rings. The normalized spacial score (nSPS) is 11.1. The van der Waals surface area contributed by atoms with Crippen LogP contribution in [0.4, 0.5) is 5.82 Å². The number of benzene rings is 1. The van der Waals surface area contributed by atoms with Crippen molar-refractivity contribution in [2.24, 2.45) is 0 Å².